The Balaban J connectivity index is 2.57. The van der Waals surface area contributed by atoms with E-state index in [1.807, 2.05) is 0 Å². The van der Waals surface area contributed by atoms with Gasteiger partial charge in [0.1, 0.15) is 11.9 Å². The zero-order valence-electron chi connectivity index (χ0n) is 11.7. The van der Waals surface area contributed by atoms with Crippen LogP contribution in [0.25, 0.3) is 0 Å². The average molecular weight is 282 g/mol. The van der Waals surface area contributed by atoms with Gasteiger partial charge in [0.2, 0.25) is 0 Å². The quantitative estimate of drug-likeness (QED) is 0.791. The summed E-state index contributed by atoms with van der Waals surface area (Å²) in [5.41, 5.74) is -0.00930. The summed E-state index contributed by atoms with van der Waals surface area (Å²) in [7, 11) is 0. The summed E-state index contributed by atoms with van der Waals surface area (Å²) < 4.78 is 13.0. The first-order chi connectivity index (χ1) is 9.20. The van der Waals surface area contributed by atoms with E-state index in [9.17, 15) is 14.0 Å². The van der Waals surface area contributed by atoms with E-state index in [4.69, 9.17) is 5.11 Å². The molecule has 110 valence electrons. The number of benzene rings is 1. The number of carboxylic acids is 1. The minimum atomic E-state index is -1.10. The Bertz CT molecular complexity index is 497. The van der Waals surface area contributed by atoms with Gasteiger partial charge >= 0.3 is 12.0 Å². The van der Waals surface area contributed by atoms with Gasteiger partial charge in [-0.25, -0.2) is 14.0 Å². The number of hydrogen-bond acceptors (Lipinski definition) is 2. The molecule has 0 bridgehead atoms. The van der Waals surface area contributed by atoms with Crippen molar-refractivity contribution in [1.82, 2.24) is 10.6 Å². The Hall–Kier alpha value is -2.11. The molecule has 0 aliphatic rings. The molecule has 3 N–H and O–H groups in total. The van der Waals surface area contributed by atoms with Gasteiger partial charge < -0.3 is 15.7 Å². The van der Waals surface area contributed by atoms with E-state index in [1.165, 1.54) is 12.1 Å². The highest BCUT2D eigenvalue weighted by atomic mass is 19.1. The summed E-state index contributed by atoms with van der Waals surface area (Å²) >= 11 is 0. The highest BCUT2D eigenvalue weighted by Crippen LogP contribution is 2.19. The number of nitrogens with one attached hydrogen (secondary N) is 2. The minimum Gasteiger partial charge on any atom is -0.480 e. The first kappa shape index (κ1) is 15.9. The smallest absolute Gasteiger partial charge is 0.326 e. The van der Waals surface area contributed by atoms with Crippen LogP contribution in [-0.4, -0.2) is 23.1 Å². The Morgan fingerprint density at radius 1 is 1.35 bits per heavy atom. The molecule has 5 nitrogen and oxygen atoms in total. The Morgan fingerprint density at radius 2 is 2.00 bits per heavy atom. The van der Waals surface area contributed by atoms with Gasteiger partial charge in [0.15, 0.2) is 0 Å². The fraction of sp³-hybridized carbons (Fsp3) is 0.429. The molecule has 6 heteroatoms. The molecule has 1 aromatic carbocycles. The van der Waals surface area contributed by atoms with E-state index in [2.05, 4.69) is 10.6 Å². The number of halogens is 1. The van der Waals surface area contributed by atoms with Gasteiger partial charge in [0.05, 0.1) is 0 Å². The normalized spacial score (nSPS) is 12.6. The SMILES string of the molecule is CC(C)(C)[C@H](NC(=O)NCc1cccc(F)c1)C(=O)O. The van der Waals surface area contributed by atoms with Crippen LogP contribution in [0.2, 0.25) is 0 Å². The third-order valence-corrected chi connectivity index (χ3v) is 2.73. The molecule has 2 amide bonds. The number of rotatable bonds is 4. The van der Waals surface area contributed by atoms with E-state index in [0.29, 0.717) is 5.56 Å². The van der Waals surface area contributed by atoms with Gasteiger partial charge in [-0.15, -0.1) is 0 Å². The lowest BCUT2D eigenvalue weighted by molar-refractivity contribution is -0.141. The third-order valence-electron chi connectivity index (χ3n) is 2.73. The summed E-state index contributed by atoms with van der Waals surface area (Å²) in [5, 5.41) is 14.0. The number of amides is 2. The molecule has 0 saturated heterocycles. The van der Waals surface area contributed by atoms with Crippen molar-refractivity contribution in [1.29, 1.82) is 0 Å². The summed E-state index contributed by atoms with van der Waals surface area (Å²) in [6.45, 7) is 5.29. The lowest BCUT2D eigenvalue weighted by Gasteiger charge is -2.27. The highest BCUT2D eigenvalue weighted by Gasteiger charge is 2.32. The number of carbonyl (C=O) groups is 2. The number of hydrogen-bond donors (Lipinski definition) is 3. The van der Waals surface area contributed by atoms with Crippen LogP contribution in [0.4, 0.5) is 9.18 Å². The maximum absolute atomic E-state index is 13.0. The molecule has 0 spiro atoms. The molecular formula is C14H19FN2O3. The predicted molar refractivity (Wildman–Crippen MR) is 72.7 cm³/mol. The summed E-state index contributed by atoms with van der Waals surface area (Å²) in [6.07, 6.45) is 0. The van der Waals surface area contributed by atoms with Crippen molar-refractivity contribution in [2.24, 2.45) is 5.41 Å². The molecule has 0 saturated carbocycles. The third kappa shape index (κ3) is 4.87. The number of carboxylic acid groups (broad SMARTS) is 1. The van der Waals surface area contributed by atoms with Crippen molar-refractivity contribution in [3.05, 3.63) is 35.6 Å². The van der Waals surface area contributed by atoms with Crippen molar-refractivity contribution >= 4 is 12.0 Å². The maximum atomic E-state index is 13.0. The van der Waals surface area contributed by atoms with Crippen molar-refractivity contribution in [2.75, 3.05) is 0 Å². The molecule has 0 unspecified atom stereocenters. The Morgan fingerprint density at radius 3 is 2.50 bits per heavy atom. The van der Waals surface area contributed by atoms with Crippen LogP contribution in [-0.2, 0) is 11.3 Å². The molecule has 0 fully saturated rings. The second kappa shape index (κ2) is 6.36. The van der Waals surface area contributed by atoms with Crippen molar-refractivity contribution in [3.63, 3.8) is 0 Å². The van der Waals surface area contributed by atoms with Crippen molar-refractivity contribution in [3.8, 4) is 0 Å². The molecule has 0 aliphatic heterocycles. The average Bonchev–Trinajstić information content (AvgIpc) is 2.31. The van der Waals surface area contributed by atoms with E-state index in [0.717, 1.165) is 0 Å². The molecule has 0 heterocycles. The van der Waals surface area contributed by atoms with E-state index < -0.39 is 23.5 Å². The first-order valence-corrected chi connectivity index (χ1v) is 6.22. The van der Waals surface area contributed by atoms with Crippen LogP contribution in [0.1, 0.15) is 26.3 Å². The Labute approximate surface area is 117 Å². The van der Waals surface area contributed by atoms with Crippen molar-refractivity contribution in [2.45, 2.75) is 33.4 Å². The standard InChI is InChI=1S/C14H19FN2O3/c1-14(2,3)11(12(18)19)17-13(20)16-8-9-5-4-6-10(15)7-9/h4-7,11H,8H2,1-3H3,(H,18,19)(H2,16,17,20)/t11-/m1/s1. The summed E-state index contributed by atoms with van der Waals surface area (Å²) in [5.74, 6) is -1.48. The largest absolute Gasteiger partial charge is 0.480 e. The second-order valence-electron chi connectivity index (χ2n) is 5.59. The molecule has 1 rings (SSSR count). The first-order valence-electron chi connectivity index (χ1n) is 6.22. The molecule has 1 aromatic rings. The van der Waals surface area contributed by atoms with Gasteiger partial charge in [-0.3, -0.25) is 0 Å². The monoisotopic (exact) mass is 282 g/mol. The molecule has 20 heavy (non-hydrogen) atoms. The topological polar surface area (TPSA) is 78.4 Å². The molecule has 0 aliphatic carbocycles. The van der Waals surface area contributed by atoms with Gasteiger partial charge in [-0.2, -0.15) is 0 Å². The van der Waals surface area contributed by atoms with E-state index >= 15 is 0 Å². The van der Waals surface area contributed by atoms with Gasteiger partial charge in [0.25, 0.3) is 0 Å². The fourth-order valence-corrected chi connectivity index (χ4v) is 1.66. The summed E-state index contributed by atoms with van der Waals surface area (Å²) in [4.78, 5) is 22.8. The van der Waals surface area contributed by atoms with Crippen molar-refractivity contribution < 1.29 is 19.1 Å². The number of carbonyl (C=O) groups excluding carboxylic acids is 1. The minimum absolute atomic E-state index is 0.125. The lowest BCUT2D eigenvalue weighted by atomic mass is 9.87. The number of urea groups is 1. The van der Waals surface area contributed by atoms with Gasteiger partial charge in [0, 0.05) is 6.54 Å². The van der Waals surface area contributed by atoms with E-state index in [-0.39, 0.29) is 12.4 Å². The van der Waals surface area contributed by atoms with Crippen LogP contribution < -0.4 is 10.6 Å². The van der Waals surface area contributed by atoms with Gasteiger partial charge in [-0.05, 0) is 23.1 Å². The lowest BCUT2D eigenvalue weighted by Crippen LogP contribution is -2.52. The van der Waals surface area contributed by atoms with Crippen LogP contribution in [0.15, 0.2) is 24.3 Å². The van der Waals surface area contributed by atoms with Crippen LogP contribution in [0.3, 0.4) is 0 Å². The zero-order valence-corrected chi connectivity index (χ0v) is 11.7. The predicted octanol–water partition coefficient (Wildman–Crippen LogP) is 2.12. The summed E-state index contributed by atoms with van der Waals surface area (Å²) in [6, 6.07) is 4.22. The second-order valence-corrected chi connectivity index (χ2v) is 5.59. The number of aliphatic carboxylic acids is 1. The molecule has 1 atom stereocenters. The van der Waals surface area contributed by atoms with Gasteiger partial charge in [-0.1, -0.05) is 32.9 Å². The maximum Gasteiger partial charge on any atom is 0.326 e. The van der Waals surface area contributed by atoms with Crippen LogP contribution in [0.5, 0.6) is 0 Å². The van der Waals surface area contributed by atoms with E-state index in [1.54, 1.807) is 32.9 Å². The van der Waals surface area contributed by atoms with Crippen LogP contribution in [0, 0.1) is 11.2 Å². The zero-order chi connectivity index (χ0) is 15.3. The highest BCUT2D eigenvalue weighted by molar-refractivity contribution is 5.83. The molecular weight excluding hydrogens is 263 g/mol. The Kier molecular flexibility index (Phi) is 5.07. The van der Waals surface area contributed by atoms with Crippen LogP contribution >= 0.6 is 0 Å². The fourth-order valence-electron chi connectivity index (χ4n) is 1.66. The molecule has 0 radical (unpaired) electrons. The molecule has 0 aromatic heterocycles.